The lowest BCUT2D eigenvalue weighted by atomic mass is 9.60. The van der Waals surface area contributed by atoms with Gasteiger partial charge in [0.15, 0.2) is 11.4 Å². The largest absolute Gasteiger partial charge is 0.511 e. The predicted molar refractivity (Wildman–Crippen MR) is 128 cm³/mol. The van der Waals surface area contributed by atoms with Crippen LogP contribution in [0.4, 0.5) is 0 Å². The lowest BCUT2D eigenvalue weighted by Gasteiger charge is -2.45. The summed E-state index contributed by atoms with van der Waals surface area (Å²) in [5.41, 5.74) is 5.21. The molecule has 5 rings (SSSR count). The van der Waals surface area contributed by atoms with Gasteiger partial charge in [0.25, 0.3) is 5.91 Å². The molecule has 3 atom stereocenters. The summed E-state index contributed by atoms with van der Waals surface area (Å²) in [6.45, 7) is 0.449. The molecular formula is C27H27NO8. The summed E-state index contributed by atoms with van der Waals surface area (Å²) in [7, 11) is 1.62. The third-order valence-electron chi connectivity index (χ3n) is 7.78. The van der Waals surface area contributed by atoms with E-state index in [0.29, 0.717) is 12.2 Å². The van der Waals surface area contributed by atoms with Crippen LogP contribution in [0.5, 0.6) is 5.75 Å². The second-order valence-electron chi connectivity index (χ2n) is 9.82. The van der Waals surface area contributed by atoms with E-state index in [2.05, 4.69) is 6.08 Å². The van der Waals surface area contributed by atoms with Crippen LogP contribution >= 0.6 is 0 Å². The van der Waals surface area contributed by atoms with Gasteiger partial charge in [-0.15, -0.1) is 0 Å². The van der Waals surface area contributed by atoms with E-state index in [4.69, 9.17) is 10.5 Å². The van der Waals surface area contributed by atoms with E-state index in [1.54, 1.807) is 13.2 Å². The number of methoxy groups -OCH3 is 1. The van der Waals surface area contributed by atoms with Crippen LogP contribution in [-0.4, -0.2) is 57.2 Å². The number of hydrogen-bond donors (Lipinski definition) is 5. The number of amides is 1. The highest BCUT2D eigenvalue weighted by atomic mass is 16.5. The van der Waals surface area contributed by atoms with Crippen LogP contribution < -0.4 is 5.73 Å². The first kappa shape index (κ1) is 24.0. The van der Waals surface area contributed by atoms with Crippen molar-refractivity contribution in [1.29, 1.82) is 0 Å². The van der Waals surface area contributed by atoms with E-state index in [9.17, 15) is 34.8 Å². The molecule has 0 fully saturated rings. The summed E-state index contributed by atoms with van der Waals surface area (Å²) in [6.07, 6.45) is 5.77. The molecule has 0 aromatic heterocycles. The number of primary amides is 1. The van der Waals surface area contributed by atoms with Crippen LogP contribution in [-0.2, 0) is 20.7 Å². The van der Waals surface area contributed by atoms with Gasteiger partial charge in [0, 0.05) is 25.0 Å². The number of phenolic OH excluding ortho intramolecular Hbond substituents is 1. The lowest BCUT2D eigenvalue weighted by molar-refractivity contribution is -0.144. The van der Waals surface area contributed by atoms with Crippen molar-refractivity contribution in [2.75, 3.05) is 13.7 Å². The fourth-order valence-electron chi connectivity index (χ4n) is 6.17. The highest BCUT2D eigenvalue weighted by molar-refractivity contribution is 6.24. The van der Waals surface area contributed by atoms with Crippen LogP contribution in [0.3, 0.4) is 0 Å². The Labute approximate surface area is 206 Å². The van der Waals surface area contributed by atoms with E-state index < -0.39 is 52.0 Å². The van der Waals surface area contributed by atoms with Gasteiger partial charge in [0.05, 0.1) is 12.2 Å². The van der Waals surface area contributed by atoms with Gasteiger partial charge in [-0.25, -0.2) is 0 Å². The minimum atomic E-state index is -2.56. The van der Waals surface area contributed by atoms with E-state index in [1.807, 2.05) is 6.08 Å². The Balaban J connectivity index is 1.64. The van der Waals surface area contributed by atoms with Crippen molar-refractivity contribution in [2.45, 2.75) is 37.7 Å². The molecule has 1 aromatic carbocycles. The molecule has 9 nitrogen and oxygen atoms in total. The molecule has 0 spiro atoms. The quantitative estimate of drug-likeness (QED) is 0.398. The molecule has 4 aliphatic rings. The molecule has 4 aliphatic carbocycles. The Hall–Kier alpha value is -3.69. The second kappa shape index (κ2) is 8.46. The lowest BCUT2D eigenvalue weighted by Crippen LogP contribution is -2.57. The second-order valence-corrected chi connectivity index (χ2v) is 9.82. The zero-order chi connectivity index (χ0) is 25.9. The number of carbonyl (C=O) groups is 3. The third kappa shape index (κ3) is 3.34. The molecule has 188 valence electrons. The first-order chi connectivity index (χ1) is 17.1. The van der Waals surface area contributed by atoms with Gasteiger partial charge in [0.1, 0.15) is 22.8 Å². The predicted octanol–water partition coefficient (Wildman–Crippen LogP) is 2.33. The number of aliphatic hydroxyl groups is 3. The summed E-state index contributed by atoms with van der Waals surface area (Å²) in [4.78, 5) is 38.5. The average Bonchev–Trinajstić information content (AvgIpc) is 2.81. The normalized spacial score (nSPS) is 27.7. The number of aromatic hydroxyl groups is 1. The fourth-order valence-corrected chi connectivity index (χ4v) is 6.17. The van der Waals surface area contributed by atoms with Gasteiger partial charge in [0.2, 0.25) is 5.78 Å². The van der Waals surface area contributed by atoms with Crippen molar-refractivity contribution in [3.63, 3.8) is 0 Å². The molecular weight excluding hydrogens is 466 g/mol. The number of nitrogens with two attached hydrogens (primary N) is 1. The van der Waals surface area contributed by atoms with E-state index in [0.717, 1.165) is 29.6 Å². The maximum atomic E-state index is 13.7. The minimum absolute atomic E-state index is 0.0212. The monoisotopic (exact) mass is 493 g/mol. The number of Topliss-reactive ketones (excluding diaryl/α,β-unsaturated/α-hetero) is 2. The minimum Gasteiger partial charge on any atom is -0.511 e. The Morgan fingerprint density at radius 1 is 1.19 bits per heavy atom. The summed E-state index contributed by atoms with van der Waals surface area (Å²) in [5.74, 6) is -6.30. The van der Waals surface area contributed by atoms with Crippen LogP contribution in [0.2, 0.25) is 0 Å². The molecule has 0 unspecified atom stereocenters. The van der Waals surface area contributed by atoms with Crippen molar-refractivity contribution >= 4 is 23.0 Å². The average molecular weight is 494 g/mol. The summed E-state index contributed by atoms with van der Waals surface area (Å²) >= 11 is 0. The molecule has 0 saturated heterocycles. The van der Waals surface area contributed by atoms with E-state index in [1.165, 1.54) is 6.07 Å². The molecule has 1 aromatic rings. The molecule has 1 amide bonds. The van der Waals surface area contributed by atoms with Gasteiger partial charge < -0.3 is 30.9 Å². The number of hydrogen-bond acceptors (Lipinski definition) is 8. The third-order valence-corrected chi connectivity index (χ3v) is 7.78. The number of phenols is 1. The van der Waals surface area contributed by atoms with Crippen LogP contribution in [0.25, 0.3) is 5.57 Å². The molecule has 0 heterocycles. The highest BCUT2D eigenvalue weighted by Crippen LogP contribution is 2.52. The first-order valence-corrected chi connectivity index (χ1v) is 11.8. The zero-order valence-corrected chi connectivity index (χ0v) is 19.7. The fraction of sp³-hybridized carbons (Fsp3) is 0.370. The molecule has 36 heavy (non-hydrogen) atoms. The van der Waals surface area contributed by atoms with E-state index in [-0.39, 0.29) is 36.1 Å². The van der Waals surface area contributed by atoms with Crippen molar-refractivity contribution in [1.82, 2.24) is 0 Å². The smallest absolute Gasteiger partial charge is 0.255 e. The number of aliphatic hydroxyl groups excluding tert-OH is 2. The number of carbonyl (C=O) groups excluding carboxylic acids is 3. The standard InChI is InChI=1S/C27H27NO8/c1-36-11-12-3-2-4-13(7-12)16-5-6-18(29)21-17(16)9-14-8-15-10-19(30)22(26(28)34)25(33)27(15,35)24(32)20(14)23(21)31/h3,5-7,14-15,29-30,32,35H,2,4,8-11H2,1H3,(H2,28,34)/t14-,15+,27+/m1/s1. The summed E-state index contributed by atoms with van der Waals surface area (Å²) in [5, 5.41) is 43.4. The number of allylic oxidation sites excluding steroid dienone is 4. The SMILES string of the molecule is COCC1=CCCC(c2ccc(O)c3c2C[C@H]2C[C@H]4CC(O)=C(C(N)=O)C(=O)[C@@]4(O)C(O)=C2C3=O)=C1. The highest BCUT2D eigenvalue weighted by Gasteiger charge is 2.59. The Kier molecular flexibility index (Phi) is 5.65. The Morgan fingerprint density at radius 2 is 1.94 bits per heavy atom. The number of ketones is 2. The summed E-state index contributed by atoms with van der Waals surface area (Å²) < 4.78 is 5.25. The van der Waals surface area contributed by atoms with Crippen molar-refractivity contribution in [3.05, 3.63) is 69.2 Å². The molecule has 0 radical (unpaired) electrons. The number of benzene rings is 1. The molecule has 0 saturated carbocycles. The maximum Gasteiger partial charge on any atom is 0.255 e. The Morgan fingerprint density at radius 3 is 2.64 bits per heavy atom. The van der Waals surface area contributed by atoms with Crippen LogP contribution in [0.15, 0.2) is 52.5 Å². The number of ether oxygens (including phenoxy) is 1. The van der Waals surface area contributed by atoms with Crippen molar-refractivity contribution in [2.24, 2.45) is 17.6 Å². The van der Waals surface area contributed by atoms with Gasteiger partial charge in [-0.1, -0.05) is 18.2 Å². The number of fused-ring (bicyclic) bond motifs is 3. The van der Waals surface area contributed by atoms with Crippen LogP contribution in [0, 0.1) is 11.8 Å². The molecule has 0 bridgehead atoms. The van der Waals surface area contributed by atoms with Gasteiger partial charge in [-0.3, -0.25) is 14.4 Å². The molecule has 6 N–H and O–H groups in total. The van der Waals surface area contributed by atoms with Crippen molar-refractivity contribution in [3.8, 4) is 5.75 Å². The molecule has 9 heteroatoms. The van der Waals surface area contributed by atoms with E-state index >= 15 is 0 Å². The first-order valence-electron chi connectivity index (χ1n) is 11.8. The van der Waals surface area contributed by atoms with Crippen LogP contribution in [0.1, 0.15) is 47.2 Å². The van der Waals surface area contributed by atoms with Gasteiger partial charge in [-0.2, -0.15) is 0 Å². The summed E-state index contributed by atoms with van der Waals surface area (Å²) in [6, 6.07) is 3.20. The van der Waals surface area contributed by atoms with Gasteiger partial charge in [-0.05, 0) is 59.9 Å². The molecule has 0 aliphatic heterocycles. The topological polar surface area (TPSA) is 167 Å². The van der Waals surface area contributed by atoms with Gasteiger partial charge >= 0.3 is 0 Å². The zero-order valence-electron chi connectivity index (χ0n) is 19.7. The Bertz CT molecular complexity index is 1350. The van der Waals surface area contributed by atoms with Crippen molar-refractivity contribution < 1.29 is 39.5 Å². The number of rotatable bonds is 4. The maximum absolute atomic E-state index is 13.7.